The van der Waals surface area contributed by atoms with Gasteiger partial charge in [-0.05, 0) is 17.7 Å². The molecule has 3 aromatic heterocycles. The van der Waals surface area contributed by atoms with Crippen LogP contribution in [0.3, 0.4) is 0 Å². The number of aromatic nitrogens is 5. The third-order valence-electron chi connectivity index (χ3n) is 3.98. The van der Waals surface area contributed by atoms with Crippen LogP contribution in [-0.4, -0.2) is 44.1 Å². The van der Waals surface area contributed by atoms with Crippen LogP contribution in [0.2, 0.25) is 0 Å². The lowest BCUT2D eigenvalue weighted by molar-refractivity contribution is 0.181. The van der Waals surface area contributed by atoms with E-state index >= 15 is 0 Å². The second-order valence-electron chi connectivity index (χ2n) is 5.67. The first-order valence-electron chi connectivity index (χ1n) is 7.94. The molecule has 0 aliphatic carbocycles. The van der Waals surface area contributed by atoms with Crippen LogP contribution in [0.5, 0.6) is 11.6 Å². The zero-order valence-electron chi connectivity index (χ0n) is 14.6. The van der Waals surface area contributed by atoms with Crippen molar-refractivity contribution in [3.8, 4) is 33.5 Å². The fraction of sp³-hybridized carbons (Fsp3) is 0.176. The number of anilines is 1. The van der Waals surface area contributed by atoms with E-state index in [-0.39, 0.29) is 18.3 Å². The molecule has 0 radical (unpaired) electrons. The minimum atomic E-state index is -0.0890. The number of rotatable bonds is 5. The number of thiazole rings is 1. The van der Waals surface area contributed by atoms with Gasteiger partial charge in [0.25, 0.3) is 0 Å². The van der Waals surface area contributed by atoms with Crippen molar-refractivity contribution in [2.24, 2.45) is 0 Å². The molecule has 0 aliphatic heterocycles. The van der Waals surface area contributed by atoms with E-state index < -0.39 is 0 Å². The number of nitrogen functional groups attached to an aromatic ring is 1. The van der Waals surface area contributed by atoms with Crippen LogP contribution in [0.15, 0.2) is 29.6 Å². The summed E-state index contributed by atoms with van der Waals surface area (Å²) >= 11 is 1.22. The van der Waals surface area contributed by atoms with Crippen LogP contribution in [0.4, 0.5) is 5.82 Å². The van der Waals surface area contributed by atoms with Crippen molar-refractivity contribution in [1.29, 1.82) is 0 Å². The number of aromatic hydroxyl groups is 1. The highest BCUT2D eigenvalue weighted by Crippen LogP contribution is 2.34. The van der Waals surface area contributed by atoms with Crippen LogP contribution >= 0.6 is 11.3 Å². The predicted octanol–water partition coefficient (Wildman–Crippen LogP) is 2.36. The Morgan fingerprint density at radius 3 is 2.81 bits per heavy atom. The highest BCUT2D eigenvalue weighted by Gasteiger charge is 2.21. The SMILES string of the molecule is COCc1nn2c(N)c(-c3nc(O)cs3)nnc2c1-c1cccc(OC)c1. The lowest BCUT2D eigenvalue weighted by Crippen LogP contribution is -2.05. The van der Waals surface area contributed by atoms with E-state index in [1.807, 2.05) is 24.3 Å². The van der Waals surface area contributed by atoms with Gasteiger partial charge >= 0.3 is 0 Å². The van der Waals surface area contributed by atoms with Gasteiger partial charge in [0.1, 0.15) is 5.75 Å². The summed E-state index contributed by atoms with van der Waals surface area (Å²) < 4.78 is 12.1. The molecule has 9 nitrogen and oxygen atoms in total. The lowest BCUT2D eigenvalue weighted by Gasteiger charge is -2.06. The zero-order valence-corrected chi connectivity index (χ0v) is 15.4. The summed E-state index contributed by atoms with van der Waals surface area (Å²) in [5.41, 5.74) is 9.45. The molecular weight excluding hydrogens is 368 g/mol. The first kappa shape index (κ1) is 17.2. The molecule has 3 N–H and O–H groups in total. The summed E-state index contributed by atoms with van der Waals surface area (Å²) in [6.45, 7) is 0.280. The standard InChI is InChI=1S/C17H16N6O3S/c1-25-7-11-13(9-4-3-5-10(6-9)26-2)16-21-20-14(15(18)23(16)22-11)17-19-12(24)8-27-17/h3-6,8,24H,7,18H2,1-2H3. The van der Waals surface area contributed by atoms with Gasteiger partial charge in [0.2, 0.25) is 5.88 Å². The summed E-state index contributed by atoms with van der Waals surface area (Å²) in [7, 11) is 3.21. The highest BCUT2D eigenvalue weighted by molar-refractivity contribution is 7.13. The highest BCUT2D eigenvalue weighted by atomic mass is 32.1. The van der Waals surface area contributed by atoms with Gasteiger partial charge in [0, 0.05) is 7.11 Å². The predicted molar refractivity (Wildman–Crippen MR) is 101 cm³/mol. The molecule has 0 saturated heterocycles. The number of nitrogens with zero attached hydrogens (tertiary/aromatic N) is 5. The maximum Gasteiger partial charge on any atom is 0.222 e. The number of ether oxygens (including phenoxy) is 2. The maximum absolute atomic E-state index is 9.49. The van der Waals surface area contributed by atoms with Gasteiger partial charge in [-0.3, -0.25) is 0 Å². The molecule has 10 heteroatoms. The van der Waals surface area contributed by atoms with E-state index in [0.717, 1.165) is 11.1 Å². The van der Waals surface area contributed by atoms with Gasteiger partial charge in [0.15, 0.2) is 22.2 Å². The average molecular weight is 384 g/mol. The molecule has 0 amide bonds. The van der Waals surface area contributed by atoms with Crippen molar-refractivity contribution in [2.45, 2.75) is 6.61 Å². The van der Waals surface area contributed by atoms with Gasteiger partial charge in [-0.25, -0.2) is 0 Å². The Bertz CT molecular complexity index is 1120. The normalized spacial score (nSPS) is 11.2. The van der Waals surface area contributed by atoms with Gasteiger partial charge in [-0.2, -0.15) is 14.6 Å². The van der Waals surface area contributed by atoms with Crippen molar-refractivity contribution in [3.63, 3.8) is 0 Å². The summed E-state index contributed by atoms with van der Waals surface area (Å²) in [4.78, 5) is 4.00. The molecular formula is C17H16N6O3S. The van der Waals surface area contributed by atoms with Gasteiger partial charge in [0.05, 0.1) is 30.4 Å². The molecule has 0 atom stereocenters. The van der Waals surface area contributed by atoms with Crippen LogP contribution in [0, 0.1) is 0 Å². The number of nitrogens with two attached hydrogens (primary N) is 1. The summed E-state index contributed by atoms with van der Waals surface area (Å²) in [6, 6.07) is 7.57. The number of hydrogen-bond acceptors (Lipinski definition) is 9. The minimum Gasteiger partial charge on any atom is -0.497 e. The minimum absolute atomic E-state index is 0.0890. The smallest absolute Gasteiger partial charge is 0.222 e. The van der Waals surface area contributed by atoms with Crippen molar-refractivity contribution >= 4 is 22.8 Å². The van der Waals surface area contributed by atoms with E-state index in [2.05, 4.69) is 20.3 Å². The Morgan fingerprint density at radius 1 is 1.26 bits per heavy atom. The molecule has 1 aromatic carbocycles. The Labute approximate surface area is 158 Å². The third kappa shape index (κ3) is 2.94. The van der Waals surface area contributed by atoms with Gasteiger partial charge in [-0.1, -0.05) is 12.1 Å². The number of fused-ring (bicyclic) bond motifs is 1. The van der Waals surface area contributed by atoms with Gasteiger partial charge < -0.3 is 20.3 Å². The Kier molecular flexibility index (Phi) is 4.34. The lowest BCUT2D eigenvalue weighted by atomic mass is 10.1. The molecule has 4 aromatic rings. The van der Waals surface area contributed by atoms with E-state index in [4.69, 9.17) is 15.2 Å². The average Bonchev–Trinajstić information content (AvgIpc) is 3.26. The molecule has 0 fully saturated rings. The number of methoxy groups -OCH3 is 2. The second kappa shape index (κ2) is 6.82. The molecule has 27 heavy (non-hydrogen) atoms. The molecule has 4 rings (SSSR count). The molecule has 0 bridgehead atoms. The molecule has 0 aliphatic rings. The van der Waals surface area contributed by atoms with Crippen LogP contribution in [0.25, 0.3) is 27.5 Å². The summed E-state index contributed by atoms with van der Waals surface area (Å²) in [5, 5.41) is 24.6. The van der Waals surface area contributed by atoms with E-state index in [9.17, 15) is 5.11 Å². The zero-order chi connectivity index (χ0) is 19.0. The van der Waals surface area contributed by atoms with Crippen LogP contribution in [-0.2, 0) is 11.3 Å². The fourth-order valence-corrected chi connectivity index (χ4v) is 3.47. The van der Waals surface area contributed by atoms with E-state index in [1.165, 1.54) is 21.2 Å². The second-order valence-corrected chi connectivity index (χ2v) is 6.52. The Morgan fingerprint density at radius 2 is 2.11 bits per heavy atom. The quantitative estimate of drug-likeness (QED) is 0.538. The summed E-state index contributed by atoms with van der Waals surface area (Å²) in [5.74, 6) is 0.904. The van der Waals surface area contributed by atoms with Crippen molar-refractivity contribution in [1.82, 2.24) is 24.8 Å². The summed E-state index contributed by atoms with van der Waals surface area (Å²) in [6.07, 6.45) is 0. The number of benzene rings is 1. The fourth-order valence-electron chi connectivity index (χ4n) is 2.80. The molecule has 0 saturated carbocycles. The molecule has 3 heterocycles. The first-order chi connectivity index (χ1) is 13.1. The Hall–Kier alpha value is -3.24. The Balaban J connectivity index is 1.95. The van der Waals surface area contributed by atoms with Crippen molar-refractivity contribution < 1.29 is 14.6 Å². The molecule has 138 valence electrons. The topological polar surface area (TPSA) is 121 Å². The van der Waals surface area contributed by atoms with E-state index in [1.54, 1.807) is 14.2 Å². The van der Waals surface area contributed by atoms with Gasteiger partial charge in [-0.15, -0.1) is 21.5 Å². The monoisotopic (exact) mass is 384 g/mol. The van der Waals surface area contributed by atoms with Crippen molar-refractivity contribution in [2.75, 3.05) is 20.0 Å². The number of hydrogen-bond donors (Lipinski definition) is 2. The molecule has 0 unspecified atom stereocenters. The largest absolute Gasteiger partial charge is 0.497 e. The first-order valence-corrected chi connectivity index (χ1v) is 8.82. The van der Waals surface area contributed by atoms with E-state index in [0.29, 0.717) is 27.8 Å². The maximum atomic E-state index is 9.49. The molecule has 0 spiro atoms. The van der Waals surface area contributed by atoms with Crippen LogP contribution < -0.4 is 10.5 Å². The third-order valence-corrected chi connectivity index (χ3v) is 4.82. The van der Waals surface area contributed by atoms with Crippen molar-refractivity contribution in [3.05, 3.63) is 35.3 Å². The van der Waals surface area contributed by atoms with Crippen LogP contribution in [0.1, 0.15) is 5.69 Å².